The van der Waals surface area contributed by atoms with E-state index in [1.54, 1.807) is 35.3 Å². The van der Waals surface area contributed by atoms with Crippen molar-refractivity contribution in [2.45, 2.75) is 6.92 Å². The van der Waals surface area contributed by atoms with E-state index in [0.29, 0.717) is 16.6 Å². The molecule has 16 heavy (non-hydrogen) atoms. The number of rotatable bonds is 2. The lowest BCUT2D eigenvalue weighted by Crippen LogP contribution is -2.23. The topological polar surface area (TPSA) is 71.2 Å². The third-order valence-corrected chi connectivity index (χ3v) is 2.01. The first-order chi connectivity index (χ1) is 7.68. The highest BCUT2D eigenvalue weighted by Gasteiger charge is 2.08. The highest BCUT2D eigenvalue weighted by molar-refractivity contribution is 5.88. The van der Waals surface area contributed by atoms with Gasteiger partial charge in [0.25, 0.3) is 0 Å². The van der Waals surface area contributed by atoms with Crippen LogP contribution in [0.3, 0.4) is 0 Å². The zero-order valence-electron chi connectivity index (χ0n) is 8.61. The van der Waals surface area contributed by atoms with Crippen LogP contribution in [0.1, 0.15) is 6.92 Å². The highest BCUT2D eigenvalue weighted by Crippen LogP contribution is 2.12. The number of hydrogen-bond donors (Lipinski definition) is 1. The average Bonchev–Trinajstić information content (AvgIpc) is 2.81. The molecule has 6 heteroatoms. The van der Waals surface area contributed by atoms with E-state index in [1.807, 2.05) is 0 Å². The Labute approximate surface area is 91.7 Å². The van der Waals surface area contributed by atoms with Gasteiger partial charge in [0.05, 0.1) is 11.9 Å². The molecule has 0 atom stereocenters. The van der Waals surface area contributed by atoms with Gasteiger partial charge in [-0.3, -0.25) is 10.0 Å². The predicted molar refractivity (Wildman–Crippen MR) is 56.3 cm³/mol. The average molecular weight is 218 g/mol. The molecule has 2 aromatic rings. The van der Waals surface area contributed by atoms with E-state index < -0.39 is 5.91 Å². The molecule has 0 radical (unpaired) electrons. The van der Waals surface area contributed by atoms with Crippen LogP contribution in [0.25, 0.3) is 5.82 Å². The van der Waals surface area contributed by atoms with Crippen molar-refractivity contribution in [3.8, 4) is 5.82 Å². The molecule has 0 aliphatic heterocycles. The van der Waals surface area contributed by atoms with E-state index in [2.05, 4.69) is 10.1 Å². The van der Waals surface area contributed by atoms with Gasteiger partial charge in [0, 0.05) is 19.3 Å². The second-order valence-corrected chi connectivity index (χ2v) is 3.16. The van der Waals surface area contributed by atoms with Crippen molar-refractivity contribution in [1.29, 1.82) is 0 Å². The van der Waals surface area contributed by atoms with E-state index >= 15 is 0 Å². The second kappa shape index (κ2) is 4.11. The molecule has 0 fully saturated rings. The summed E-state index contributed by atoms with van der Waals surface area (Å²) in [5.74, 6) is 0.152. The molecule has 2 aromatic heterocycles. The Hall–Kier alpha value is -2.21. The molecule has 2 rings (SSSR count). The molecule has 0 spiro atoms. The predicted octanol–water partition coefficient (Wildman–Crippen LogP) is 1.01. The van der Waals surface area contributed by atoms with Crippen molar-refractivity contribution in [2.75, 3.05) is 5.06 Å². The second-order valence-electron chi connectivity index (χ2n) is 3.16. The summed E-state index contributed by atoms with van der Waals surface area (Å²) in [6, 6.07) is 5.03. The molecule has 0 unspecified atom stereocenters. The Bertz CT molecular complexity index is 478. The number of aromatic nitrogens is 3. The van der Waals surface area contributed by atoms with Crippen LogP contribution in [0.4, 0.5) is 5.69 Å². The molecule has 1 amide bonds. The summed E-state index contributed by atoms with van der Waals surface area (Å²) in [7, 11) is 0. The van der Waals surface area contributed by atoms with Gasteiger partial charge in [-0.25, -0.2) is 9.67 Å². The number of hydrogen-bond acceptors (Lipinski definition) is 4. The van der Waals surface area contributed by atoms with Gasteiger partial charge in [-0.2, -0.15) is 10.2 Å². The summed E-state index contributed by atoms with van der Waals surface area (Å²) in [6.45, 7) is 1.27. The van der Waals surface area contributed by atoms with Crippen molar-refractivity contribution >= 4 is 11.6 Å². The van der Waals surface area contributed by atoms with Crippen LogP contribution in [0.15, 0.2) is 36.8 Å². The zero-order valence-corrected chi connectivity index (χ0v) is 8.61. The van der Waals surface area contributed by atoms with Crippen LogP contribution in [0, 0.1) is 0 Å². The molecule has 2 heterocycles. The van der Waals surface area contributed by atoms with Crippen LogP contribution in [-0.2, 0) is 4.79 Å². The van der Waals surface area contributed by atoms with Gasteiger partial charge in [0.15, 0.2) is 5.82 Å². The third kappa shape index (κ3) is 1.91. The molecule has 82 valence electrons. The fraction of sp³-hybridized carbons (Fsp3) is 0.100. The minimum absolute atomic E-state index is 0.323. The maximum atomic E-state index is 10.9. The number of pyridine rings is 1. The summed E-state index contributed by atoms with van der Waals surface area (Å²) in [5, 5.41) is 13.9. The lowest BCUT2D eigenvalue weighted by atomic mass is 10.4. The Morgan fingerprint density at radius 3 is 2.81 bits per heavy atom. The number of carbonyl (C=O) groups is 1. The number of carbonyl (C=O) groups excluding carboxylic acids is 1. The first-order valence-corrected chi connectivity index (χ1v) is 4.64. The van der Waals surface area contributed by atoms with Gasteiger partial charge in [0.1, 0.15) is 0 Å². The van der Waals surface area contributed by atoms with Gasteiger partial charge >= 0.3 is 0 Å². The van der Waals surface area contributed by atoms with Crippen LogP contribution in [0.2, 0.25) is 0 Å². The molecule has 0 aliphatic rings. The Morgan fingerprint density at radius 2 is 2.31 bits per heavy atom. The SMILES string of the molecule is CC(=O)N(O)c1ccc(-n2cccn2)nc1. The van der Waals surface area contributed by atoms with Crippen molar-refractivity contribution in [1.82, 2.24) is 14.8 Å². The minimum Gasteiger partial charge on any atom is -0.281 e. The zero-order chi connectivity index (χ0) is 11.5. The van der Waals surface area contributed by atoms with Crippen molar-refractivity contribution in [3.05, 3.63) is 36.8 Å². The molecule has 0 aliphatic carbocycles. The quantitative estimate of drug-likeness (QED) is 0.603. The molecule has 0 saturated heterocycles. The van der Waals surface area contributed by atoms with Gasteiger partial charge in [-0.1, -0.05) is 0 Å². The van der Waals surface area contributed by atoms with Crippen LogP contribution >= 0.6 is 0 Å². The Morgan fingerprint density at radius 1 is 1.50 bits per heavy atom. The van der Waals surface area contributed by atoms with E-state index in [-0.39, 0.29) is 0 Å². The highest BCUT2D eigenvalue weighted by atomic mass is 16.5. The fourth-order valence-corrected chi connectivity index (χ4v) is 1.23. The van der Waals surface area contributed by atoms with Gasteiger partial charge in [0.2, 0.25) is 5.91 Å². The normalized spacial score (nSPS) is 10.1. The van der Waals surface area contributed by atoms with E-state index in [4.69, 9.17) is 0 Å². The summed E-state index contributed by atoms with van der Waals surface area (Å²) in [5.41, 5.74) is 0.323. The standard InChI is InChI=1S/C10H10N4O2/c1-8(15)14(16)9-3-4-10(11-7-9)13-6-2-5-12-13/h2-7,16H,1H3. The molecule has 1 N–H and O–H groups in total. The third-order valence-electron chi connectivity index (χ3n) is 2.01. The maximum absolute atomic E-state index is 10.9. The van der Waals surface area contributed by atoms with Crippen LogP contribution in [-0.4, -0.2) is 25.9 Å². The first-order valence-electron chi connectivity index (χ1n) is 4.64. The van der Waals surface area contributed by atoms with Crippen molar-refractivity contribution in [2.24, 2.45) is 0 Å². The lowest BCUT2D eigenvalue weighted by Gasteiger charge is -2.11. The van der Waals surface area contributed by atoms with Crippen molar-refractivity contribution < 1.29 is 10.0 Å². The molecule has 0 aromatic carbocycles. The largest absolute Gasteiger partial charge is 0.281 e. The van der Waals surface area contributed by atoms with E-state index in [0.717, 1.165) is 0 Å². The summed E-state index contributed by atoms with van der Waals surface area (Å²) >= 11 is 0. The summed E-state index contributed by atoms with van der Waals surface area (Å²) in [4.78, 5) is 15.0. The van der Waals surface area contributed by atoms with Gasteiger partial charge in [-0.05, 0) is 18.2 Å². The molecule has 0 saturated carbocycles. The summed E-state index contributed by atoms with van der Waals surface area (Å²) in [6.07, 6.45) is 4.80. The molecule has 0 bridgehead atoms. The van der Waals surface area contributed by atoms with Crippen LogP contribution < -0.4 is 5.06 Å². The fourth-order valence-electron chi connectivity index (χ4n) is 1.23. The summed E-state index contributed by atoms with van der Waals surface area (Å²) < 4.78 is 1.58. The van der Waals surface area contributed by atoms with E-state index in [9.17, 15) is 10.0 Å². The minimum atomic E-state index is -0.464. The lowest BCUT2D eigenvalue weighted by molar-refractivity contribution is -0.121. The van der Waals surface area contributed by atoms with Gasteiger partial charge < -0.3 is 0 Å². The molecular weight excluding hydrogens is 208 g/mol. The smallest absolute Gasteiger partial charge is 0.247 e. The number of hydroxylamine groups is 1. The number of nitrogens with zero attached hydrogens (tertiary/aromatic N) is 4. The van der Waals surface area contributed by atoms with Crippen LogP contribution in [0.5, 0.6) is 0 Å². The molecular formula is C10H10N4O2. The monoisotopic (exact) mass is 218 g/mol. The Kier molecular flexibility index (Phi) is 2.65. The maximum Gasteiger partial charge on any atom is 0.247 e. The Balaban J connectivity index is 2.26. The van der Waals surface area contributed by atoms with Crippen molar-refractivity contribution in [3.63, 3.8) is 0 Å². The van der Waals surface area contributed by atoms with E-state index in [1.165, 1.54) is 13.1 Å². The molecule has 6 nitrogen and oxygen atoms in total. The number of amides is 1. The number of anilines is 1. The first kappa shape index (κ1) is 10.3. The van der Waals surface area contributed by atoms with Gasteiger partial charge in [-0.15, -0.1) is 0 Å².